The molecule has 0 saturated carbocycles. The van der Waals surface area contributed by atoms with E-state index in [0.29, 0.717) is 11.8 Å². The molecule has 0 aliphatic rings. The van der Waals surface area contributed by atoms with Gasteiger partial charge in [0.15, 0.2) is 0 Å². The third-order valence-electron chi connectivity index (χ3n) is 3.60. The van der Waals surface area contributed by atoms with Crippen molar-refractivity contribution in [1.82, 2.24) is 0 Å². The topological polar surface area (TPSA) is 29.5 Å². The summed E-state index contributed by atoms with van der Waals surface area (Å²) in [4.78, 5) is 0. The van der Waals surface area contributed by atoms with Crippen molar-refractivity contribution >= 4 is 0 Å². The van der Waals surface area contributed by atoms with Crippen molar-refractivity contribution in [3.8, 4) is 0 Å². The van der Waals surface area contributed by atoms with Gasteiger partial charge in [0.1, 0.15) is 0 Å². The summed E-state index contributed by atoms with van der Waals surface area (Å²) in [6, 6.07) is 0. The van der Waals surface area contributed by atoms with Gasteiger partial charge in [0.2, 0.25) is 0 Å². The molecule has 0 aliphatic carbocycles. The summed E-state index contributed by atoms with van der Waals surface area (Å²) in [5, 5.41) is 9.82. The monoisotopic (exact) mass is 258 g/mol. The lowest BCUT2D eigenvalue weighted by atomic mass is 9.77. The molecule has 0 aromatic carbocycles. The largest absolute Gasteiger partial charge is 0.396 e. The van der Waals surface area contributed by atoms with Gasteiger partial charge in [-0.1, -0.05) is 47.5 Å². The molecule has 0 heterocycles. The number of aliphatic hydroxyl groups is 1. The predicted octanol–water partition coefficient (Wildman–Crippen LogP) is 4.26. The molecule has 2 heteroatoms. The van der Waals surface area contributed by atoms with Crippen LogP contribution in [-0.4, -0.2) is 24.9 Å². The molecule has 110 valence electrons. The molecule has 0 aromatic rings. The summed E-state index contributed by atoms with van der Waals surface area (Å²) in [5.41, 5.74) is -0.0102. The van der Waals surface area contributed by atoms with Crippen molar-refractivity contribution in [3.05, 3.63) is 0 Å². The quantitative estimate of drug-likeness (QED) is 0.561. The second-order valence-electron chi connectivity index (χ2n) is 6.58. The first kappa shape index (κ1) is 17.9. The lowest BCUT2D eigenvalue weighted by Gasteiger charge is -2.33. The van der Waals surface area contributed by atoms with E-state index >= 15 is 0 Å². The molecule has 1 N–H and O–H groups in total. The Kier molecular flexibility index (Phi) is 9.76. The normalized spacial score (nSPS) is 12.7. The fraction of sp³-hybridized carbons (Fsp3) is 1.00. The Morgan fingerprint density at radius 2 is 1.50 bits per heavy atom. The Labute approximate surface area is 114 Å². The van der Waals surface area contributed by atoms with E-state index < -0.39 is 0 Å². The highest BCUT2D eigenvalue weighted by molar-refractivity contribution is 4.79. The van der Waals surface area contributed by atoms with Crippen LogP contribution in [0, 0.1) is 17.3 Å². The minimum absolute atomic E-state index is 0.0102. The average molecular weight is 258 g/mol. The Balaban J connectivity index is 4.39. The molecule has 0 aromatic heterocycles. The van der Waals surface area contributed by atoms with Crippen LogP contribution >= 0.6 is 0 Å². The Morgan fingerprint density at radius 3 is 1.83 bits per heavy atom. The molecule has 18 heavy (non-hydrogen) atoms. The Bertz CT molecular complexity index is 176. The van der Waals surface area contributed by atoms with Gasteiger partial charge in [-0.2, -0.15) is 0 Å². The third-order valence-corrected chi connectivity index (χ3v) is 3.60. The second kappa shape index (κ2) is 9.80. The maximum Gasteiger partial charge on any atom is 0.0544 e. The van der Waals surface area contributed by atoms with Crippen LogP contribution in [-0.2, 0) is 4.74 Å². The van der Waals surface area contributed by atoms with Gasteiger partial charge in [0, 0.05) is 12.0 Å². The average Bonchev–Trinajstić information content (AvgIpc) is 2.32. The van der Waals surface area contributed by atoms with Gasteiger partial charge < -0.3 is 9.84 Å². The van der Waals surface area contributed by atoms with E-state index in [4.69, 9.17) is 4.74 Å². The van der Waals surface area contributed by atoms with Gasteiger partial charge in [0.05, 0.1) is 13.2 Å². The van der Waals surface area contributed by atoms with Gasteiger partial charge in [0.25, 0.3) is 0 Å². The first-order valence-electron chi connectivity index (χ1n) is 7.64. The molecule has 0 bridgehead atoms. The second-order valence-corrected chi connectivity index (χ2v) is 6.58. The van der Waals surface area contributed by atoms with Crippen molar-refractivity contribution in [2.75, 3.05) is 19.8 Å². The lowest BCUT2D eigenvalue weighted by Crippen LogP contribution is -2.32. The molecule has 0 fully saturated rings. The van der Waals surface area contributed by atoms with Crippen molar-refractivity contribution in [2.24, 2.45) is 17.3 Å². The van der Waals surface area contributed by atoms with Crippen molar-refractivity contribution in [3.63, 3.8) is 0 Å². The van der Waals surface area contributed by atoms with E-state index in [-0.39, 0.29) is 12.0 Å². The van der Waals surface area contributed by atoms with Gasteiger partial charge in [-0.05, 0) is 31.1 Å². The highest BCUT2D eigenvalue weighted by Crippen LogP contribution is 2.33. The molecule has 0 unspecified atom stereocenters. The molecule has 0 amide bonds. The third kappa shape index (κ3) is 8.10. The molecule has 2 nitrogen and oxygen atoms in total. The first-order chi connectivity index (χ1) is 8.45. The van der Waals surface area contributed by atoms with Crippen LogP contribution in [0.5, 0.6) is 0 Å². The SMILES string of the molecule is CCCOCC(CO)(CCC(C)C)CCC(C)C. The summed E-state index contributed by atoms with van der Waals surface area (Å²) in [7, 11) is 0. The predicted molar refractivity (Wildman–Crippen MR) is 78.8 cm³/mol. The molecule has 0 spiro atoms. The minimum atomic E-state index is -0.0102. The molecule has 0 rings (SSSR count). The zero-order chi connectivity index (χ0) is 14.0. The zero-order valence-electron chi connectivity index (χ0n) is 13.2. The van der Waals surface area contributed by atoms with Crippen LogP contribution < -0.4 is 0 Å². The fourth-order valence-electron chi connectivity index (χ4n) is 2.10. The number of rotatable bonds is 11. The number of hydrogen-bond donors (Lipinski definition) is 1. The summed E-state index contributed by atoms with van der Waals surface area (Å²) >= 11 is 0. The minimum Gasteiger partial charge on any atom is -0.396 e. The number of aliphatic hydroxyl groups excluding tert-OH is 1. The molecular weight excluding hydrogens is 224 g/mol. The Morgan fingerprint density at radius 1 is 1.00 bits per heavy atom. The fourth-order valence-corrected chi connectivity index (χ4v) is 2.10. The first-order valence-corrected chi connectivity index (χ1v) is 7.64. The van der Waals surface area contributed by atoms with E-state index in [1.54, 1.807) is 0 Å². The van der Waals surface area contributed by atoms with E-state index in [0.717, 1.165) is 32.5 Å². The van der Waals surface area contributed by atoms with Crippen LogP contribution in [0.3, 0.4) is 0 Å². The van der Waals surface area contributed by atoms with E-state index in [2.05, 4.69) is 34.6 Å². The van der Waals surface area contributed by atoms with Gasteiger partial charge >= 0.3 is 0 Å². The van der Waals surface area contributed by atoms with E-state index in [1.165, 1.54) is 12.8 Å². The van der Waals surface area contributed by atoms with Crippen LogP contribution in [0.25, 0.3) is 0 Å². The summed E-state index contributed by atoms with van der Waals surface area (Å²) in [5.74, 6) is 1.39. The molecule has 0 radical (unpaired) electrons. The van der Waals surface area contributed by atoms with Crippen molar-refractivity contribution < 1.29 is 9.84 Å². The zero-order valence-corrected chi connectivity index (χ0v) is 13.2. The van der Waals surface area contributed by atoms with Crippen LogP contribution in [0.1, 0.15) is 66.7 Å². The summed E-state index contributed by atoms with van der Waals surface area (Å²) in [6.07, 6.45) is 5.56. The maximum absolute atomic E-state index is 9.82. The maximum atomic E-state index is 9.82. The standard InChI is InChI=1S/C16H34O2/c1-6-11-18-13-16(12-17,9-7-14(2)3)10-8-15(4)5/h14-15,17H,6-13H2,1-5H3. The molecule has 0 aliphatic heterocycles. The highest BCUT2D eigenvalue weighted by Gasteiger charge is 2.29. The number of hydrogen-bond acceptors (Lipinski definition) is 2. The van der Waals surface area contributed by atoms with Crippen molar-refractivity contribution in [1.29, 1.82) is 0 Å². The van der Waals surface area contributed by atoms with Gasteiger partial charge in [-0.25, -0.2) is 0 Å². The van der Waals surface area contributed by atoms with Gasteiger partial charge in [-0.15, -0.1) is 0 Å². The van der Waals surface area contributed by atoms with Crippen LogP contribution in [0.4, 0.5) is 0 Å². The number of ether oxygens (including phenoxy) is 1. The van der Waals surface area contributed by atoms with Crippen molar-refractivity contribution in [2.45, 2.75) is 66.7 Å². The Hall–Kier alpha value is -0.0800. The summed E-state index contributed by atoms with van der Waals surface area (Å²) < 4.78 is 5.74. The van der Waals surface area contributed by atoms with E-state index in [9.17, 15) is 5.11 Å². The van der Waals surface area contributed by atoms with E-state index in [1.807, 2.05) is 0 Å². The highest BCUT2D eigenvalue weighted by atomic mass is 16.5. The lowest BCUT2D eigenvalue weighted by molar-refractivity contribution is -0.0102. The van der Waals surface area contributed by atoms with Crippen LogP contribution in [0.2, 0.25) is 0 Å². The smallest absolute Gasteiger partial charge is 0.0544 e. The van der Waals surface area contributed by atoms with Gasteiger partial charge in [-0.3, -0.25) is 0 Å². The summed E-state index contributed by atoms with van der Waals surface area (Å²) in [6.45, 7) is 12.9. The van der Waals surface area contributed by atoms with Crippen LogP contribution in [0.15, 0.2) is 0 Å². The molecule has 0 atom stereocenters. The molecular formula is C16H34O2. The molecule has 0 saturated heterocycles.